The molecule has 82 valence electrons. The lowest BCUT2D eigenvalue weighted by molar-refractivity contribution is 0.102. The monoisotopic (exact) mass is 231 g/mol. The predicted molar refractivity (Wildman–Crippen MR) is 69.1 cm³/mol. The Morgan fingerprint density at radius 1 is 1.38 bits per heavy atom. The van der Waals surface area contributed by atoms with E-state index in [-0.39, 0.29) is 5.78 Å². The molecule has 2 aromatic rings. The predicted octanol–water partition coefficient (Wildman–Crippen LogP) is 3.17. The molecule has 1 heterocycles. The standard InChI is InChI=1S/C13H13NOS/c1-2-16-9-13(15)11-6-5-10-4-3-7-14-12(10)8-11/h3-8H,2,9H2,1H3. The third-order valence-corrected chi connectivity index (χ3v) is 3.24. The number of hydrogen-bond donors (Lipinski definition) is 0. The number of carbonyl (C=O) groups excluding carboxylic acids is 1. The lowest BCUT2D eigenvalue weighted by Gasteiger charge is -2.01. The molecule has 2 nitrogen and oxygen atoms in total. The summed E-state index contributed by atoms with van der Waals surface area (Å²) >= 11 is 1.65. The molecular weight excluding hydrogens is 218 g/mol. The van der Waals surface area contributed by atoms with Crippen molar-refractivity contribution in [2.45, 2.75) is 6.92 Å². The van der Waals surface area contributed by atoms with E-state index >= 15 is 0 Å². The number of pyridine rings is 1. The van der Waals surface area contributed by atoms with Crippen molar-refractivity contribution in [1.29, 1.82) is 0 Å². The average Bonchev–Trinajstić information content (AvgIpc) is 2.35. The highest BCUT2D eigenvalue weighted by molar-refractivity contribution is 7.99. The summed E-state index contributed by atoms with van der Waals surface area (Å²) in [7, 11) is 0. The number of fused-ring (bicyclic) bond motifs is 1. The van der Waals surface area contributed by atoms with Gasteiger partial charge in [-0.05, 0) is 17.9 Å². The normalized spacial score (nSPS) is 10.6. The summed E-state index contributed by atoms with van der Waals surface area (Å²) in [4.78, 5) is 16.0. The topological polar surface area (TPSA) is 30.0 Å². The Morgan fingerprint density at radius 3 is 3.06 bits per heavy atom. The molecule has 0 atom stereocenters. The highest BCUT2D eigenvalue weighted by atomic mass is 32.2. The van der Waals surface area contributed by atoms with Gasteiger partial charge in [-0.15, -0.1) is 0 Å². The number of rotatable bonds is 4. The summed E-state index contributed by atoms with van der Waals surface area (Å²) in [6.45, 7) is 2.06. The van der Waals surface area contributed by atoms with Gasteiger partial charge in [0.05, 0.1) is 11.3 Å². The first-order chi connectivity index (χ1) is 7.81. The maximum absolute atomic E-state index is 11.8. The van der Waals surface area contributed by atoms with Crippen LogP contribution in [0, 0.1) is 0 Å². The maximum atomic E-state index is 11.8. The summed E-state index contributed by atoms with van der Waals surface area (Å²) in [6.07, 6.45) is 1.75. The fourth-order valence-electron chi connectivity index (χ4n) is 1.52. The molecule has 16 heavy (non-hydrogen) atoms. The maximum Gasteiger partial charge on any atom is 0.172 e. The van der Waals surface area contributed by atoms with E-state index in [0.29, 0.717) is 5.75 Å². The zero-order valence-corrected chi connectivity index (χ0v) is 9.96. The molecule has 0 aliphatic rings. The van der Waals surface area contributed by atoms with Crippen LogP contribution in [-0.2, 0) is 0 Å². The Morgan fingerprint density at radius 2 is 2.25 bits per heavy atom. The average molecular weight is 231 g/mol. The summed E-state index contributed by atoms with van der Waals surface area (Å²) < 4.78 is 0. The van der Waals surface area contributed by atoms with Crippen LogP contribution in [0.2, 0.25) is 0 Å². The van der Waals surface area contributed by atoms with Crippen molar-refractivity contribution in [2.75, 3.05) is 11.5 Å². The first-order valence-corrected chi connectivity index (χ1v) is 6.42. The van der Waals surface area contributed by atoms with Crippen LogP contribution in [0.15, 0.2) is 36.5 Å². The Balaban J connectivity index is 2.28. The van der Waals surface area contributed by atoms with Gasteiger partial charge in [0, 0.05) is 17.1 Å². The number of carbonyl (C=O) groups is 1. The molecule has 0 unspecified atom stereocenters. The fraction of sp³-hybridized carbons (Fsp3) is 0.231. The van der Waals surface area contributed by atoms with E-state index in [2.05, 4.69) is 11.9 Å². The molecule has 0 saturated carbocycles. The second kappa shape index (κ2) is 5.12. The molecule has 0 fully saturated rings. The Labute approximate surface area is 99.1 Å². The molecular formula is C13H13NOS. The molecule has 0 N–H and O–H groups in total. The van der Waals surface area contributed by atoms with Crippen LogP contribution in [-0.4, -0.2) is 22.3 Å². The molecule has 3 heteroatoms. The Hall–Kier alpha value is -1.35. The van der Waals surface area contributed by atoms with Crippen molar-refractivity contribution >= 4 is 28.4 Å². The van der Waals surface area contributed by atoms with Crippen molar-refractivity contribution in [2.24, 2.45) is 0 Å². The minimum atomic E-state index is 0.180. The largest absolute Gasteiger partial charge is 0.293 e. The molecule has 0 spiro atoms. The van der Waals surface area contributed by atoms with Crippen LogP contribution in [0.1, 0.15) is 17.3 Å². The van der Waals surface area contributed by atoms with Crippen molar-refractivity contribution < 1.29 is 4.79 Å². The van der Waals surface area contributed by atoms with Crippen LogP contribution in [0.5, 0.6) is 0 Å². The third kappa shape index (κ3) is 2.42. The van der Waals surface area contributed by atoms with E-state index < -0.39 is 0 Å². The van der Waals surface area contributed by atoms with Gasteiger partial charge in [-0.2, -0.15) is 11.8 Å². The zero-order chi connectivity index (χ0) is 11.4. The molecule has 0 radical (unpaired) electrons. The van der Waals surface area contributed by atoms with Gasteiger partial charge in [-0.1, -0.05) is 25.1 Å². The molecule has 0 bridgehead atoms. The lowest BCUT2D eigenvalue weighted by atomic mass is 10.1. The number of ketones is 1. The molecule has 2 rings (SSSR count). The zero-order valence-electron chi connectivity index (χ0n) is 9.14. The number of thioether (sulfide) groups is 1. The van der Waals surface area contributed by atoms with E-state index in [9.17, 15) is 4.79 Å². The van der Waals surface area contributed by atoms with Crippen LogP contribution in [0.25, 0.3) is 10.9 Å². The first-order valence-electron chi connectivity index (χ1n) is 5.27. The number of Topliss-reactive ketones (excluding diaryl/α,β-unsaturated/α-hetero) is 1. The Bertz CT molecular complexity index is 510. The van der Waals surface area contributed by atoms with Crippen LogP contribution >= 0.6 is 11.8 Å². The molecule has 1 aromatic heterocycles. The number of nitrogens with zero attached hydrogens (tertiary/aromatic N) is 1. The van der Waals surface area contributed by atoms with Crippen molar-refractivity contribution in [1.82, 2.24) is 4.98 Å². The van der Waals surface area contributed by atoms with E-state index in [4.69, 9.17) is 0 Å². The highest BCUT2D eigenvalue weighted by Crippen LogP contribution is 2.15. The number of benzene rings is 1. The van der Waals surface area contributed by atoms with E-state index in [1.165, 1.54) is 0 Å². The van der Waals surface area contributed by atoms with Crippen LogP contribution < -0.4 is 0 Å². The molecule has 0 amide bonds. The van der Waals surface area contributed by atoms with Gasteiger partial charge < -0.3 is 0 Å². The number of aromatic nitrogens is 1. The van der Waals surface area contributed by atoms with Gasteiger partial charge in [-0.25, -0.2) is 0 Å². The van der Waals surface area contributed by atoms with E-state index in [0.717, 1.165) is 22.2 Å². The second-order valence-electron chi connectivity index (χ2n) is 3.47. The smallest absolute Gasteiger partial charge is 0.172 e. The molecule has 0 saturated heterocycles. The second-order valence-corrected chi connectivity index (χ2v) is 4.75. The van der Waals surface area contributed by atoms with Crippen LogP contribution in [0.3, 0.4) is 0 Å². The van der Waals surface area contributed by atoms with Gasteiger partial charge in [0.2, 0.25) is 0 Å². The highest BCUT2D eigenvalue weighted by Gasteiger charge is 2.06. The van der Waals surface area contributed by atoms with Gasteiger partial charge in [0.25, 0.3) is 0 Å². The minimum absolute atomic E-state index is 0.180. The van der Waals surface area contributed by atoms with Crippen molar-refractivity contribution in [3.8, 4) is 0 Å². The summed E-state index contributed by atoms with van der Waals surface area (Å²) in [5.41, 5.74) is 1.64. The first kappa shape index (κ1) is 11.1. The van der Waals surface area contributed by atoms with Gasteiger partial charge >= 0.3 is 0 Å². The molecule has 0 aliphatic heterocycles. The van der Waals surface area contributed by atoms with Crippen molar-refractivity contribution in [3.63, 3.8) is 0 Å². The lowest BCUT2D eigenvalue weighted by Crippen LogP contribution is -2.02. The fourth-order valence-corrected chi connectivity index (χ4v) is 2.07. The van der Waals surface area contributed by atoms with E-state index in [1.807, 2.05) is 30.3 Å². The van der Waals surface area contributed by atoms with Gasteiger partial charge in [0.1, 0.15) is 0 Å². The minimum Gasteiger partial charge on any atom is -0.293 e. The van der Waals surface area contributed by atoms with Gasteiger partial charge in [0.15, 0.2) is 5.78 Å². The number of hydrogen-bond acceptors (Lipinski definition) is 3. The molecule has 1 aromatic carbocycles. The summed E-state index contributed by atoms with van der Waals surface area (Å²) in [5.74, 6) is 1.70. The Kier molecular flexibility index (Phi) is 3.57. The van der Waals surface area contributed by atoms with Crippen LogP contribution in [0.4, 0.5) is 0 Å². The summed E-state index contributed by atoms with van der Waals surface area (Å²) in [5, 5.41) is 1.07. The van der Waals surface area contributed by atoms with E-state index in [1.54, 1.807) is 18.0 Å². The summed E-state index contributed by atoms with van der Waals surface area (Å²) in [6, 6.07) is 9.59. The van der Waals surface area contributed by atoms with Gasteiger partial charge in [-0.3, -0.25) is 9.78 Å². The SMILES string of the molecule is CCSCC(=O)c1ccc2cccnc2c1. The third-order valence-electron chi connectivity index (χ3n) is 2.37. The molecule has 0 aliphatic carbocycles. The quantitative estimate of drug-likeness (QED) is 0.757. The van der Waals surface area contributed by atoms with Crippen molar-refractivity contribution in [3.05, 3.63) is 42.1 Å².